The van der Waals surface area contributed by atoms with Crippen molar-refractivity contribution >= 4 is 17.3 Å². The van der Waals surface area contributed by atoms with Gasteiger partial charge in [0.25, 0.3) is 0 Å². The first-order valence-corrected chi connectivity index (χ1v) is 11.3. The van der Waals surface area contributed by atoms with Crippen molar-refractivity contribution in [3.05, 3.63) is 58.7 Å². The summed E-state index contributed by atoms with van der Waals surface area (Å²) >= 11 is 5.56. The van der Waals surface area contributed by atoms with E-state index in [1.807, 2.05) is 0 Å². The highest BCUT2D eigenvalue weighted by Crippen LogP contribution is 2.40. The van der Waals surface area contributed by atoms with E-state index in [0.717, 1.165) is 31.0 Å². The second kappa shape index (κ2) is 10.3. The fourth-order valence-corrected chi connectivity index (χ4v) is 4.73. The molecule has 0 amide bonds. The van der Waals surface area contributed by atoms with Gasteiger partial charge in [-0.1, -0.05) is 29.8 Å². The number of rotatable bonds is 7. The number of ether oxygens (including phenoxy) is 2. The van der Waals surface area contributed by atoms with Crippen molar-refractivity contribution in [2.24, 2.45) is 0 Å². The quantitative estimate of drug-likeness (QED) is 0.622. The monoisotopic (exact) mass is 441 g/mol. The molecule has 6 heteroatoms. The fraction of sp³-hybridized carbons (Fsp3) is 0.480. The predicted molar refractivity (Wildman–Crippen MR) is 131 cm³/mol. The highest BCUT2D eigenvalue weighted by atomic mass is 32.1. The molecule has 2 aromatic carbocycles. The number of fused-ring (bicyclic) bond motifs is 1. The summed E-state index contributed by atoms with van der Waals surface area (Å²) in [7, 11) is 3.38. The molecule has 2 N–H and O–H groups in total. The van der Waals surface area contributed by atoms with Gasteiger partial charge in [0.05, 0.1) is 20.3 Å². The molecule has 5 nitrogen and oxygen atoms in total. The Kier molecular flexibility index (Phi) is 7.79. The van der Waals surface area contributed by atoms with E-state index in [1.165, 1.54) is 22.3 Å². The Bertz CT molecular complexity index is 898. The maximum absolute atomic E-state index is 5.63. The molecule has 1 aliphatic heterocycles. The molecule has 0 spiro atoms. The third-order valence-corrected chi connectivity index (χ3v) is 6.02. The van der Waals surface area contributed by atoms with Crippen molar-refractivity contribution in [2.75, 3.05) is 20.8 Å². The molecule has 2 unspecified atom stereocenters. The summed E-state index contributed by atoms with van der Waals surface area (Å²) in [6, 6.07) is 13.6. The molecular weight excluding hydrogens is 406 g/mol. The van der Waals surface area contributed by atoms with Crippen LogP contribution in [-0.2, 0) is 13.0 Å². The van der Waals surface area contributed by atoms with Crippen LogP contribution in [0.1, 0.15) is 49.1 Å². The number of hydrogen-bond donors (Lipinski definition) is 2. The largest absolute Gasteiger partial charge is 0.493 e. The Labute approximate surface area is 192 Å². The fourth-order valence-electron chi connectivity index (χ4n) is 4.31. The molecule has 168 valence electrons. The third kappa shape index (κ3) is 5.69. The first kappa shape index (κ1) is 23.4. The molecule has 0 aliphatic carbocycles. The number of thiocarbonyl (C=S) groups is 1. The summed E-state index contributed by atoms with van der Waals surface area (Å²) in [4.78, 5) is 2.54. The van der Waals surface area contributed by atoms with Gasteiger partial charge in [0.1, 0.15) is 0 Å². The Balaban J connectivity index is 1.95. The first-order valence-electron chi connectivity index (χ1n) is 10.9. The summed E-state index contributed by atoms with van der Waals surface area (Å²) < 4.78 is 11.2. The Morgan fingerprint density at radius 3 is 2.32 bits per heavy atom. The van der Waals surface area contributed by atoms with E-state index in [4.69, 9.17) is 21.7 Å². The first-order chi connectivity index (χ1) is 14.8. The van der Waals surface area contributed by atoms with Crippen molar-refractivity contribution in [1.29, 1.82) is 0 Å². The molecule has 0 bridgehead atoms. The van der Waals surface area contributed by atoms with Crippen LogP contribution in [0.2, 0.25) is 0 Å². The van der Waals surface area contributed by atoms with Crippen LogP contribution in [0.5, 0.6) is 11.5 Å². The summed E-state index contributed by atoms with van der Waals surface area (Å²) in [5.41, 5.74) is 5.17. The van der Waals surface area contributed by atoms with Crippen LogP contribution < -0.4 is 20.1 Å². The lowest BCUT2D eigenvalue weighted by Crippen LogP contribution is -2.50. The zero-order chi connectivity index (χ0) is 22.5. The van der Waals surface area contributed by atoms with Gasteiger partial charge in [-0.25, -0.2) is 0 Å². The zero-order valence-electron chi connectivity index (χ0n) is 19.5. The number of methoxy groups -OCH3 is 2. The lowest BCUT2D eigenvalue weighted by molar-refractivity contribution is 0.149. The van der Waals surface area contributed by atoms with Gasteiger partial charge in [0, 0.05) is 25.2 Å². The number of hydrogen-bond acceptors (Lipinski definition) is 4. The van der Waals surface area contributed by atoms with Crippen LogP contribution in [0.4, 0.5) is 0 Å². The van der Waals surface area contributed by atoms with Crippen LogP contribution in [0, 0.1) is 6.92 Å². The highest BCUT2D eigenvalue weighted by Gasteiger charge is 2.33. The summed E-state index contributed by atoms with van der Waals surface area (Å²) in [6.07, 6.45) is 0.972. The molecule has 2 aromatic rings. The smallest absolute Gasteiger partial charge is 0.166 e. The van der Waals surface area contributed by atoms with E-state index in [1.54, 1.807) is 14.2 Å². The third-order valence-electron chi connectivity index (χ3n) is 5.78. The van der Waals surface area contributed by atoms with E-state index in [0.29, 0.717) is 11.2 Å². The SMILES string of the molecule is COc1cc2c(cc1OC)C(C(C)NC(=S)NC(C)C)N(Cc1ccc(C)cc1)CC2. The predicted octanol–water partition coefficient (Wildman–Crippen LogP) is 4.37. The molecule has 3 rings (SSSR count). The van der Waals surface area contributed by atoms with Crippen LogP contribution in [0.15, 0.2) is 36.4 Å². The van der Waals surface area contributed by atoms with Gasteiger partial charge in [0.2, 0.25) is 0 Å². The minimum absolute atomic E-state index is 0.112. The Morgan fingerprint density at radius 1 is 1.06 bits per heavy atom. The van der Waals surface area contributed by atoms with Crippen molar-refractivity contribution in [1.82, 2.24) is 15.5 Å². The van der Waals surface area contributed by atoms with Gasteiger partial charge in [-0.05, 0) is 75.2 Å². The van der Waals surface area contributed by atoms with Gasteiger partial charge in [0.15, 0.2) is 16.6 Å². The van der Waals surface area contributed by atoms with Crippen molar-refractivity contribution < 1.29 is 9.47 Å². The summed E-state index contributed by atoms with van der Waals surface area (Å²) in [6.45, 7) is 10.4. The molecule has 2 atom stereocenters. The number of benzene rings is 2. The molecule has 0 aromatic heterocycles. The van der Waals surface area contributed by atoms with Crippen LogP contribution >= 0.6 is 12.2 Å². The van der Waals surface area contributed by atoms with E-state index < -0.39 is 0 Å². The number of nitrogens with zero attached hydrogens (tertiary/aromatic N) is 1. The lowest BCUT2D eigenvalue weighted by Gasteiger charge is -2.41. The van der Waals surface area contributed by atoms with Crippen molar-refractivity contribution in [2.45, 2.75) is 58.8 Å². The number of aryl methyl sites for hydroxylation is 1. The van der Waals surface area contributed by atoms with E-state index in [2.05, 4.69) is 79.6 Å². The standard InChI is InChI=1S/C25H35N3O2S/c1-16(2)26-25(31)27-18(4)24-21-14-23(30-6)22(29-5)13-20(21)11-12-28(24)15-19-9-7-17(3)8-10-19/h7-10,13-14,16,18,24H,11-12,15H2,1-6H3,(H2,26,27,31). The van der Waals surface area contributed by atoms with Crippen molar-refractivity contribution in [3.8, 4) is 11.5 Å². The molecule has 0 radical (unpaired) electrons. The normalized spacial score (nSPS) is 17.1. The minimum atomic E-state index is 0.112. The van der Waals surface area contributed by atoms with Crippen LogP contribution in [-0.4, -0.2) is 42.9 Å². The lowest BCUT2D eigenvalue weighted by atomic mass is 9.87. The van der Waals surface area contributed by atoms with Gasteiger partial charge in [-0.2, -0.15) is 0 Å². The van der Waals surface area contributed by atoms with Gasteiger partial charge in [-0.15, -0.1) is 0 Å². The van der Waals surface area contributed by atoms with Gasteiger partial charge >= 0.3 is 0 Å². The zero-order valence-corrected chi connectivity index (χ0v) is 20.3. The van der Waals surface area contributed by atoms with Crippen molar-refractivity contribution in [3.63, 3.8) is 0 Å². The maximum atomic E-state index is 5.63. The molecular formula is C25H35N3O2S. The number of nitrogens with one attached hydrogen (secondary N) is 2. The van der Waals surface area contributed by atoms with Crippen LogP contribution in [0.3, 0.4) is 0 Å². The minimum Gasteiger partial charge on any atom is -0.493 e. The van der Waals surface area contributed by atoms with E-state index in [-0.39, 0.29) is 12.1 Å². The molecule has 1 heterocycles. The molecule has 1 aliphatic rings. The summed E-state index contributed by atoms with van der Waals surface area (Å²) in [5, 5.41) is 7.51. The van der Waals surface area contributed by atoms with E-state index >= 15 is 0 Å². The van der Waals surface area contributed by atoms with Gasteiger partial charge < -0.3 is 20.1 Å². The van der Waals surface area contributed by atoms with E-state index in [9.17, 15) is 0 Å². The Hall–Kier alpha value is -2.31. The molecule has 0 saturated carbocycles. The average molecular weight is 442 g/mol. The van der Waals surface area contributed by atoms with Gasteiger partial charge in [-0.3, -0.25) is 4.90 Å². The second-order valence-corrected chi connectivity index (χ2v) is 9.03. The molecule has 0 saturated heterocycles. The second-order valence-electron chi connectivity index (χ2n) is 8.62. The summed E-state index contributed by atoms with van der Waals surface area (Å²) in [5.74, 6) is 1.54. The van der Waals surface area contributed by atoms with Crippen LogP contribution in [0.25, 0.3) is 0 Å². The molecule has 0 fully saturated rings. The Morgan fingerprint density at radius 2 is 1.71 bits per heavy atom. The molecule has 31 heavy (non-hydrogen) atoms. The highest BCUT2D eigenvalue weighted by molar-refractivity contribution is 7.80. The maximum Gasteiger partial charge on any atom is 0.166 e. The average Bonchev–Trinajstić information content (AvgIpc) is 2.73. The topological polar surface area (TPSA) is 45.8 Å².